The molecule has 0 aliphatic carbocycles. The molecule has 9 nitrogen and oxygen atoms in total. The minimum Gasteiger partial charge on any atom is -0.497 e. The SMILES string of the molecule is COc1ccc(C)cc1.N/C(=C\N(N)CC(=O)NO)CNSc1cnc(-c2ccccc2)s1. The molecule has 0 atom stereocenters. The lowest BCUT2D eigenvalue weighted by atomic mass is 10.2. The molecule has 3 aromatic rings. The maximum absolute atomic E-state index is 10.9. The smallest absolute Gasteiger partial charge is 0.264 e. The second-order valence-corrected chi connectivity index (χ2v) is 8.92. The van der Waals surface area contributed by atoms with Gasteiger partial charge in [-0.15, -0.1) is 11.3 Å². The van der Waals surface area contributed by atoms with Crippen molar-refractivity contribution in [3.63, 3.8) is 0 Å². The maximum atomic E-state index is 10.9. The fourth-order valence-electron chi connectivity index (χ4n) is 2.39. The molecule has 1 amide bonds. The molecular formula is C22H28N6O3S2. The molecule has 1 heterocycles. The summed E-state index contributed by atoms with van der Waals surface area (Å²) in [6.45, 7) is 2.23. The predicted octanol–water partition coefficient (Wildman–Crippen LogP) is 2.89. The van der Waals surface area contributed by atoms with Gasteiger partial charge in [0, 0.05) is 24.0 Å². The van der Waals surface area contributed by atoms with Gasteiger partial charge in [-0.2, -0.15) is 0 Å². The van der Waals surface area contributed by atoms with Crippen LogP contribution < -0.4 is 26.5 Å². The Morgan fingerprint density at radius 3 is 2.58 bits per heavy atom. The lowest BCUT2D eigenvalue weighted by Gasteiger charge is -2.13. The number of nitrogens with one attached hydrogen (secondary N) is 2. The highest BCUT2D eigenvalue weighted by molar-refractivity contribution is 7.99. The average Bonchev–Trinajstić information content (AvgIpc) is 3.29. The van der Waals surface area contributed by atoms with Gasteiger partial charge < -0.3 is 15.5 Å². The molecule has 1 aromatic heterocycles. The summed E-state index contributed by atoms with van der Waals surface area (Å²) in [5, 5.41) is 10.5. The molecule has 3 rings (SSSR count). The van der Waals surface area contributed by atoms with Crippen LogP contribution in [0.1, 0.15) is 5.56 Å². The first-order valence-electron chi connectivity index (χ1n) is 9.83. The minimum absolute atomic E-state index is 0.195. The molecule has 0 fully saturated rings. The van der Waals surface area contributed by atoms with Gasteiger partial charge in [-0.25, -0.2) is 16.3 Å². The van der Waals surface area contributed by atoms with Crippen molar-refractivity contribution < 1.29 is 14.7 Å². The first-order chi connectivity index (χ1) is 15.9. The number of carbonyl (C=O) groups excluding carboxylic acids is 1. The zero-order valence-corrected chi connectivity index (χ0v) is 20.0. The highest BCUT2D eigenvalue weighted by atomic mass is 32.2. The number of hydroxylamine groups is 1. The maximum Gasteiger partial charge on any atom is 0.264 e. The van der Waals surface area contributed by atoms with E-state index < -0.39 is 5.91 Å². The van der Waals surface area contributed by atoms with Crippen molar-refractivity contribution in [2.75, 3.05) is 20.2 Å². The van der Waals surface area contributed by atoms with Gasteiger partial charge >= 0.3 is 0 Å². The van der Waals surface area contributed by atoms with Crippen molar-refractivity contribution in [3.8, 4) is 16.3 Å². The Balaban J connectivity index is 0.000000357. The molecule has 0 bridgehead atoms. The fraction of sp³-hybridized carbons (Fsp3) is 0.182. The molecule has 176 valence electrons. The minimum atomic E-state index is -0.623. The van der Waals surface area contributed by atoms with E-state index >= 15 is 0 Å². The number of benzene rings is 2. The van der Waals surface area contributed by atoms with Crippen LogP contribution in [0.4, 0.5) is 0 Å². The summed E-state index contributed by atoms with van der Waals surface area (Å²) >= 11 is 2.99. The highest BCUT2D eigenvalue weighted by Gasteiger charge is 2.06. The predicted molar refractivity (Wildman–Crippen MR) is 132 cm³/mol. The number of rotatable bonds is 9. The number of carbonyl (C=O) groups is 1. The van der Waals surface area contributed by atoms with Crippen LogP contribution >= 0.6 is 23.3 Å². The second kappa shape index (κ2) is 14.1. The van der Waals surface area contributed by atoms with Gasteiger partial charge in [0.05, 0.1) is 17.5 Å². The molecule has 0 aliphatic heterocycles. The number of aromatic nitrogens is 1. The molecule has 33 heavy (non-hydrogen) atoms. The van der Waals surface area contributed by atoms with Crippen LogP contribution in [0.3, 0.4) is 0 Å². The summed E-state index contributed by atoms with van der Waals surface area (Å²) in [5.41, 5.74) is 10.1. The van der Waals surface area contributed by atoms with Crippen LogP contribution in [-0.4, -0.2) is 41.3 Å². The molecule has 0 spiro atoms. The summed E-state index contributed by atoms with van der Waals surface area (Å²) in [5.74, 6) is 5.86. The quantitative estimate of drug-likeness (QED) is 0.133. The molecule has 7 N–H and O–H groups in total. The van der Waals surface area contributed by atoms with E-state index in [9.17, 15) is 4.79 Å². The first kappa shape index (κ1) is 26.2. The number of nitrogens with two attached hydrogens (primary N) is 2. The van der Waals surface area contributed by atoms with Gasteiger partial charge in [0.2, 0.25) is 0 Å². The molecule has 0 aliphatic rings. The van der Waals surface area contributed by atoms with Crippen molar-refractivity contribution in [3.05, 3.63) is 78.3 Å². The zero-order valence-electron chi connectivity index (χ0n) is 18.4. The van der Waals surface area contributed by atoms with Gasteiger partial charge in [-0.1, -0.05) is 48.0 Å². The summed E-state index contributed by atoms with van der Waals surface area (Å²) in [6.07, 6.45) is 3.22. The molecule has 0 saturated carbocycles. The number of nitrogens with zero attached hydrogens (tertiary/aromatic N) is 2. The summed E-state index contributed by atoms with van der Waals surface area (Å²) in [4.78, 5) is 15.3. The van der Waals surface area contributed by atoms with E-state index in [1.807, 2.05) is 54.6 Å². The zero-order chi connectivity index (χ0) is 24.1. The van der Waals surface area contributed by atoms with Crippen LogP contribution in [0.25, 0.3) is 10.6 Å². The lowest BCUT2D eigenvalue weighted by Crippen LogP contribution is -2.37. The molecule has 11 heteroatoms. The fourth-order valence-corrected chi connectivity index (χ4v) is 4.11. The Bertz CT molecular complexity index is 1010. The molecule has 0 unspecified atom stereocenters. The first-order valence-corrected chi connectivity index (χ1v) is 11.5. The van der Waals surface area contributed by atoms with E-state index in [1.165, 1.54) is 29.2 Å². The number of hydrogen-bond donors (Lipinski definition) is 5. The number of aryl methyl sites for hydroxylation is 1. The van der Waals surface area contributed by atoms with E-state index in [0.717, 1.165) is 25.5 Å². The number of methoxy groups -OCH3 is 1. The number of hydrazine groups is 1. The van der Waals surface area contributed by atoms with E-state index in [2.05, 4.69) is 16.6 Å². The van der Waals surface area contributed by atoms with E-state index in [1.54, 1.807) is 24.6 Å². The van der Waals surface area contributed by atoms with Crippen molar-refractivity contribution in [2.24, 2.45) is 11.6 Å². The van der Waals surface area contributed by atoms with Crippen molar-refractivity contribution in [2.45, 2.75) is 11.1 Å². The standard InChI is InChI=1S/C14H18N6O2S2.C8H10O/c15-11(8-20(16)9-12(21)19-22)6-18-24-13-7-17-14(23-13)10-4-2-1-3-5-10;1-7-3-5-8(9-2)6-4-7/h1-5,7-8,18,22H,6,9,15-16H2,(H,19,21);3-6H,1-2H3/b11-8-;. The third-order valence-electron chi connectivity index (χ3n) is 3.99. The largest absolute Gasteiger partial charge is 0.497 e. The third-order valence-corrected chi connectivity index (χ3v) is 5.93. The summed E-state index contributed by atoms with van der Waals surface area (Å²) < 4.78 is 9.08. The Morgan fingerprint density at radius 2 is 1.94 bits per heavy atom. The monoisotopic (exact) mass is 488 g/mol. The number of ether oxygens (including phenoxy) is 1. The van der Waals surface area contributed by atoms with Gasteiger partial charge in [-0.3, -0.25) is 14.7 Å². The molecular weight excluding hydrogens is 460 g/mol. The van der Waals surface area contributed by atoms with Gasteiger partial charge in [-0.05, 0) is 31.0 Å². The highest BCUT2D eigenvalue weighted by Crippen LogP contribution is 2.29. The summed E-state index contributed by atoms with van der Waals surface area (Å²) in [7, 11) is 1.67. The number of hydrogen-bond acceptors (Lipinski definition) is 10. The van der Waals surface area contributed by atoms with Crippen molar-refractivity contribution in [1.29, 1.82) is 0 Å². The van der Waals surface area contributed by atoms with Crippen LogP contribution in [0, 0.1) is 6.92 Å². The van der Waals surface area contributed by atoms with E-state index in [4.69, 9.17) is 21.5 Å². The molecule has 0 saturated heterocycles. The summed E-state index contributed by atoms with van der Waals surface area (Å²) in [6, 6.07) is 17.9. The second-order valence-electron chi connectivity index (χ2n) is 6.70. The molecule has 0 radical (unpaired) electrons. The number of amides is 1. The Labute approximate surface area is 201 Å². The van der Waals surface area contributed by atoms with Crippen LogP contribution in [-0.2, 0) is 4.79 Å². The van der Waals surface area contributed by atoms with Crippen LogP contribution in [0.15, 0.2) is 76.9 Å². The van der Waals surface area contributed by atoms with Crippen molar-refractivity contribution in [1.82, 2.24) is 20.2 Å². The van der Waals surface area contributed by atoms with Crippen LogP contribution in [0.5, 0.6) is 5.75 Å². The van der Waals surface area contributed by atoms with Gasteiger partial charge in [0.15, 0.2) is 0 Å². The normalized spacial score (nSPS) is 10.7. The number of thiazole rings is 1. The van der Waals surface area contributed by atoms with E-state index in [0.29, 0.717) is 12.2 Å². The van der Waals surface area contributed by atoms with Gasteiger partial charge in [0.25, 0.3) is 5.91 Å². The Kier molecular flexibility index (Phi) is 11.2. The average molecular weight is 489 g/mol. The topological polar surface area (TPSA) is 139 Å². The third kappa shape index (κ3) is 9.93. The lowest BCUT2D eigenvalue weighted by molar-refractivity contribution is -0.129. The van der Waals surface area contributed by atoms with Gasteiger partial charge in [0.1, 0.15) is 17.3 Å². The Morgan fingerprint density at radius 1 is 1.24 bits per heavy atom. The molecule has 2 aromatic carbocycles. The van der Waals surface area contributed by atoms with E-state index in [-0.39, 0.29) is 6.54 Å². The van der Waals surface area contributed by atoms with Crippen molar-refractivity contribution >= 4 is 29.2 Å². The van der Waals surface area contributed by atoms with Crippen LogP contribution in [0.2, 0.25) is 0 Å². The Hall–Kier alpha value is -3.09.